The van der Waals surface area contributed by atoms with Crippen LogP contribution in [-0.2, 0) is 9.53 Å². The number of benzene rings is 2. The van der Waals surface area contributed by atoms with Gasteiger partial charge >= 0.3 is 5.97 Å². The second kappa shape index (κ2) is 8.75. The lowest BCUT2D eigenvalue weighted by molar-refractivity contribution is -0.116. The van der Waals surface area contributed by atoms with E-state index in [9.17, 15) is 18.8 Å². The number of carbonyl (C=O) groups is 3. The molecule has 0 aliphatic carbocycles. The van der Waals surface area contributed by atoms with E-state index in [-0.39, 0.29) is 30.5 Å². The summed E-state index contributed by atoms with van der Waals surface area (Å²) >= 11 is 0. The van der Waals surface area contributed by atoms with Crippen LogP contribution < -0.4 is 10.2 Å². The molecule has 0 bridgehead atoms. The average Bonchev–Trinajstić information content (AvgIpc) is 2.64. The monoisotopic (exact) mass is 358 g/mol. The lowest BCUT2D eigenvalue weighted by Crippen LogP contribution is -2.38. The molecule has 2 rings (SSSR count). The molecule has 0 radical (unpaired) electrons. The summed E-state index contributed by atoms with van der Waals surface area (Å²) in [5, 5.41) is 2.66. The van der Waals surface area contributed by atoms with Crippen molar-refractivity contribution < 1.29 is 23.5 Å². The molecular formula is C19H19FN2O4. The number of carbonyl (C=O) groups excluding carboxylic acids is 3. The molecule has 0 aliphatic heterocycles. The van der Waals surface area contributed by atoms with Gasteiger partial charge in [0.1, 0.15) is 5.82 Å². The Hall–Kier alpha value is -3.22. The molecule has 0 atom stereocenters. The van der Waals surface area contributed by atoms with Gasteiger partial charge in [0.05, 0.1) is 18.4 Å². The number of halogens is 1. The van der Waals surface area contributed by atoms with Crippen molar-refractivity contribution in [2.75, 3.05) is 25.1 Å². The number of anilines is 1. The lowest BCUT2D eigenvalue weighted by Gasteiger charge is -2.23. The van der Waals surface area contributed by atoms with Gasteiger partial charge in [0.2, 0.25) is 5.91 Å². The maximum absolute atomic E-state index is 12.9. The SMILES string of the molecule is COC(=O)c1ccccc1N(CCNC(=O)c1ccc(F)cc1)C(C)=O. The molecule has 6 nitrogen and oxygen atoms in total. The predicted octanol–water partition coefficient (Wildman–Crippen LogP) is 2.40. The van der Waals surface area contributed by atoms with E-state index in [1.165, 1.54) is 43.2 Å². The number of nitrogens with zero attached hydrogens (tertiary/aromatic N) is 1. The normalized spacial score (nSPS) is 10.1. The number of amides is 2. The number of hydrogen-bond donors (Lipinski definition) is 1. The first-order valence-corrected chi connectivity index (χ1v) is 7.93. The molecular weight excluding hydrogens is 339 g/mol. The van der Waals surface area contributed by atoms with E-state index in [1.807, 2.05) is 0 Å². The first-order valence-electron chi connectivity index (χ1n) is 7.93. The predicted molar refractivity (Wildman–Crippen MR) is 94.5 cm³/mol. The van der Waals surface area contributed by atoms with Crippen molar-refractivity contribution in [2.45, 2.75) is 6.92 Å². The van der Waals surface area contributed by atoms with Gasteiger partial charge in [-0.15, -0.1) is 0 Å². The zero-order valence-electron chi connectivity index (χ0n) is 14.5. The molecule has 7 heteroatoms. The fraction of sp³-hybridized carbons (Fsp3) is 0.211. The average molecular weight is 358 g/mol. The minimum atomic E-state index is -0.554. The zero-order valence-corrected chi connectivity index (χ0v) is 14.5. The molecule has 1 N–H and O–H groups in total. The molecule has 2 aromatic carbocycles. The summed E-state index contributed by atoms with van der Waals surface area (Å²) in [5.74, 6) is -1.64. The number of ether oxygens (including phenoxy) is 1. The van der Waals surface area contributed by atoms with Crippen molar-refractivity contribution in [1.29, 1.82) is 0 Å². The molecule has 136 valence electrons. The maximum Gasteiger partial charge on any atom is 0.339 e. The molecule has 0 spiro atoms. The van der Waals surface area contributed by atoms with Crippen LogP contribution in [0, 0.1) is 5.82 Å². The summed E-state index contributed by atoms with van der Waals surface area (Å²) in [6.07, 6.45) is 0. The third-order valence-corrected chi connectivity index (χ3v) is 3.71. The first-order chi connectivity index (χ1) is 12.4. The number of hydrogen-bond acceptors (Lipinski definition) is 4. The summed E-state index contributed by atoms with van der Waals surface area (Å²) < 4.78 is 17.6. The summed E-state index contributed by atoms with van der Waals surface area (Å²) in [6.45, 7) is 1.69. The highest BCUT2D eigenvalue weighted by atomic mass is 19.1. The second-order valence-corrected chi connectivity index (χ2v) is 5.44. The van der Waals surface area contributed by atoms with E-state index in [0.717, 1.165) is 0 Å². The molecule has 26 heavy (non-hydrogen) atoms. The van der Waals surface area contributed by atoms with Crippen molar-refractivity contribution in [1.82, 2.24) is 5.32 Å². The molecule has 0 aliphatic rings. The van der Waals surface area contributed by atoms with E-state index >= 15 is 0 Å². The highest BCUT2D eigenvalue weighted by Gasteiger charge is 2.19. The fourth-order valence-electron chi connectivity index (χ4n) is 2.42. The van der Waals surface area contributed by atoms with Crippen LogP contribution >= 0.6 is 0 Å². The van der Waals surface area contributed by atoms with E-state index < -0.39 is 11.8 Å². The molecule has 2 amide bonds. The minimum absolute atomic E-state index is 0.158. The van der Waals surface area contributed by atoms with Crippen LogP contribution in [0.15, 0.2) is 48.5 Å². The van der Waals surface area contributed by atoms with E-state index in [1.54, 1.807) is 24.3 Å². The van der Waals surface area contributed by atoms with Crippen molar-refractivity contribution in [3.8, 4) is 0 Å². The Morgan fingerprint density at radius 2 is 1.73 bits per heavy atom. The Kier molecular flexibility index (Phi) is 6.43. The van der Waals surface area contributed by atoms with Gasteiger partial charge < -0.3 is 15.0 Å². The Morgan fingerprint density at radius 3 is 2.35 bits per heavy atom. The van der Waals surface area contributed by atoms with Crippen LogP contribution in [0.25, 0.3) is 0 Å². The zero-order chi connectivity index (χ0) is 19.1. The van der Waals surface area contributed by atoms with Crippen molar-refractivity contribution >= 4 is 23.5 Å². The number of para-hydroxylation sites is 1. The maximum atomic E-state index is 12.9. The first kappa shape index (κ1) is 19.1. The highest BCUT2D eigenvalue weighted by molar-refractivity contribution is 6.02. The van der Waals surface area contributed by atoms with Crippen molar-refractivity contribution in [3.05, 3.63) is 65.5 Å². The van der Waals surface area contributed by atoms with Crippen molar-refractivity contribution in [3.63, 3.8) is 0 Å². The van der Waals surface area contributed by atoms with Gasteiger partial charge in [0.25, 0.3) is 5.91 Å². The highest BCUT2D eigenvalue weighted by Crippen LogP contribution is 2.21. The third kappa shape index (κ3) is 4.66. The topological polar surface area (TPSA) is 75.7 Å². The van der Waals surface area contributed by atoms with Crippen LogP contribution in [0.3, 0.4) is 0 Å². The quantitative estimate of drug-likeness (QED) is 0.805. The van der Waals surface area contributed by atoms with Crippen LogP contribution in [-0.4, -0.2) is 38.0 Å². The molecule has 2 aromatic rings. The van der Waals surface area contributed by atoms with Crippen molar-refractivity contribution in [2.24, 2.45) is 0 Å². The van der Waals surface area contributed by atoms with E-state index in [0.29, 0.717) is 11.3 Å². The van der Waals surface area contributed by atoms with Gasteiger partial charge in [-0.2, -0.15) is 0 Å². The van der Waals surface area contributed by atoms with Gasteiger partial charge in [0, 0.05) is 25.6 Å². The summed E-state index contributed by atoms with van der Waals surface area (Å²) in [4.78, 5) is 37.3. The molecule has 0 unspecified atom stereocenters. The van der Waals surface area contributed by atoms with Crippen LogP contribution in [0.2, 0.25) is 0 Å². The summed E-state index contributed by atoms with van der Waals surface area (Å²) in [5.41, 5.74) is 0.980. The summed E-state index contributed by atoms with van der Waals surface area (Å²) in [7, 11) is 1.26. The van der Waals surface area contributed by atoms with E-state index in [4.69, 9.17) is 4.74 Å². The largest absolute Gasteiger partial charge is 0.465 e. The van der Waals surface area contributed by atoms with Gasteiger partial charge in [-0.05, 0) is 36.4 Å². The van der Waals surface area contributed by atoms with Crippen LogP contribution in [0.5, 0.6) is 0 Å². The smallest absolute Gasteiger partial charge is 0.339 e. The van der Waals surface area contributed by atoms with Gasteiger partial charge in [-0.1, -0.05) is 12.1 Å². The molecule has 0 saturated carbocycles. The standard InChI is InChI=1S/C19H19FN2O4/c1-13(23)22(17-6-4-3-5-16(17)19(25)26-2)12-11-21-18(24)14-7-9-15(20)10-8-14/h3-10H,11-12H2,1-2H3,(H,21,24). The fourth-order valence-corrected chi connectivity index (χ4v) is 2.42. The number of methoxy groups -OCH3 is 1. The molecule has 0 heterocycles. The molecule has 0 aromatic heterocycles. The Labute approximate surface area is 150 Å². The molecule has 0 fully saturated rings. The van der Waals surface area contributed by atoms with Gasteiger partial charge in [0.15, 0.2) is 0 Å². The number of nitrogens with one attached hydrogen (secondary N) is 1. The van der Waals surface area contributed by atoms with Crippen LogP contribution in [0.4, 0.5) is 10.1 Å². The Bertz CT molecular complexity index is 805. The van der Waals surface area contributed by atoms with Gasteiger partial charge in [-0.25, -0.2) is 9.18 Å². The number of rotatable bonds is 6. The minimum Gasteiger partial charge on any atom is -0.465 e. The second-order valence-electron chi connectivity index (χ2n) is 5.44. The number of esters is 1. The summed E-state index contributed by atoms with van der Waals surface area (Å²) in [6, 6.07) is 11.7. The van der Waals surface area contributed by atoms with Gasteiger partial charge in [-0.3, -0.25) is 9.59 Å². The van der Waals surface area contributed by atoms with E-state index in [2.05, 4.69) is 5.32 Å². The molecule has 0 saturated heterocycles. The Morgan fingerprint density at radius 1 is 1.08 bits per heavy atom. The Balaban J connectivity index is 2.08. The third-order valence-electron chi connectivity index (χ3n) is 3.71. The van der Waals surface area contributed by atoms with Crippen LogP contribution in [0.1, 0.15) is 27.6 Å². The lowest BCUT2D eigenvalue weighted by atomic mass is 10.1.